The third-order valence-corrected chi connectivity index (χ3v) is 2.56. The Labute approximate surface area is 97.0 Å². The first-order chi connectivity index (χ1) is 7.54. The van der Waals surface area contributed by atoms with E-state index in [-0.39, 0.29) is 12.3 Å². The van der Waals surface area contributed by atoms with Gasteiger partial charge in [-0.05, 0) is 20.4 Å². The molecule has 1 N–H and O–H groups in total. The van der Waals surface area contributed by atoms with Crippen molar-refractivity contribution < 1.29 is 14.7 Å². The molecule has 0 aliphatic carbocycles. The second kappa shape index (κ2) is 8.10. The summed E-state index contributed by atoms with van der Waals surface area (Å²) >= 11 is 0. The van der Waals surface area contributed by atoms with Gasteiger partial charge in [-0.2, -0.15) is 0 Å². The molecule has 0 unspecified atom stereocenters. The van der Waals surface area contributed by atoms with Crippen LogP contribution in [0.4, 0.5) is 0 Å². The molecule has 0 atom stereocenters. The van der Waals surface area contributed by atoms with Crippen molar-refractivity contribution >= 4 is 11.9 Å². The van der Waals surface area contributed by atoms with Gasteiger partial charge in [-0.3, -0.25) is 14.5 Å². The molecule has 0 aromatic carbocycles. The molecule has 0 spiro atoms. The topological polar surface area (TPSA) is 60.9 Å². The van der Waals surface area contributed by atoms with Gasteiger partial charge in [-0.1, -0.05) is 6.92 Å². The Hall–Kier alpha value is -1.10. The summed E-state index contributed by atoms with van der Waals surface area (Å²) in [6, 6.07) is 0. The zero-order chi connectivity index (χ0) is 12.6. The van der Waals surface area contributed by atoms with Crippen LogP contribution in [0.2, 0.25) is 0 Å². The highest BCUT2D eigenvalue weighted by molar-refractivity contribution is 5.78. The lowest BCUT2D eigenvalue weighted by Gasteiger charge is -2.24. The zero-order valence-electron chi connectivity index (χ0n) is 10.4. The van der Waals surface area contributed by atoms with Crippen LogP contribution in [0.15, 0.2) is 0 Å². The molecule has 16 heavy (non-hydrogen) atoms. The lowest BCUT2D eigenvalue weighted by molar-refractivity contribution is -0.138. The maximum atomic E-state index is 11.8. The molecule has 0 bridgehead atoms. The van der Waals surface area contributed by atoms with Crippen molar-refractivity contribution in [3.63, 3.8) is 0 Å². The lowest BCUT2D eigenvalue weighted by atomic mass is 10.3. The van der Waals surface area contributed by atoms with Crippen LogP contribution in [0.5, 0.6) is 0 Å². The van der Waals surface area contributed by atoms with Crippen molar-refractivity contribution in [3.8, 4) is 0 Å². The van der Waals surface area contributed by atoms with E-state index in [0.717, 1.165) is 0 Å². The fourth-order valence-corrected chi connectivity index (χ4v) is 1.47. The monoisotopic (exact) mass is 230 g/mol. The molecule has 0 aliphatic rings. The van der Waals surface area contributed by atoms with Gasteiger partial charge in [0.15, 0.2) is 0 Å². The number of rotatable bonds is 8. The van der Waals surface area contributed by atoms with Crippen LogP contribution in [0, 0.1) is 0 Å². The predicted molar refractivity (Wildman–Crippen MR) is 62.3 cm³/mol. The molecule has 5 nitrogen and oxygen atoms in total. The predicted octanol–water partition coefficient (Wildman–Crippen LogP) is 0.651. The maximum Gasteiger partial charge on any atom is 0.304 e. The zero-order valence-corrected chi connectivity index (χ0v) is 10.4. The summed E-state index contributed by atoms with van der Waals surface area (Å²) in [5.41, 5.74) is 0. The highest BCUT2D eigenvalue weighted by Gasteiger charge is 2.14. The number of aliphatic carboxylic acids is 1. The summed E-state index contributed by atoms with van der Waals surface area (Å²) in [4.78, 5) is 25.8. The normalized spacial score (nSPS) is 10.5. The van der Waals surface area contributed by atoms with Gasteiger partial charge < -0.3 is 10.0 Å². The summed E-state index contributed by atoms with van der Waals surface area (Å²) in [5.74, 6) is -0.758. The van der Waals surface area contributed by atoms with Gasteiger partial charge in [0.2, 0.25) is 5.91 Å². The lowest BCUT2D eigenvalue weighted by Crippen LogP contribution is -2.40. The highest BCUT2D eigenvalue weighted by atomic mass is 16.4. The van der Waals surface area contributed by atoms with Crippen molar-refractivity contribution in [2.75, 3.05) is 32.7 Å². The Morgan fingerprint density at radius 3 is 2.00 bits per heavy atom. The summed E-state index contributed by atoms with van der Waals surface area (Å²) in [6.45, 7) is 8.64. The average molecular weight is 230 g/mol. The van der Waals surface area contributed by atoms with Crippen molar-refractivity contribution in [2.24, 2.45) is 0 Å². The molecule has 0 aliphatic heterocycles. The molecule has 0 fully saturated rings. The van der Waals surface area contributed by atoms with Gasteiger partial charge in [0.1, 0.15) is 0 Å². The van der Waals surface area contributed by atoms with Gasteiger partial charge in [0.25, 0.3) is 0 Å². The van der Waals surface area contributed by atoms with Crippen LogP contribution in [0.3, 0.4) is 0 Å². The molecular formula is C11H22N2O3. The van der Waals surface area contributed by atoms with E-state index >= 15 is 0 Å². The number of carboxylic acids is 1. The Bertz CT molecular complexity index is 227. The number of hydrogen-bond donors (Lipinski definition) is 1. The quantitative estimate of drug-likeness (QED) is 0.665. The Kier molecular flexibility index (Phi) is 7.54. The van der Waals surface area contributed by atoms with E-state index in [0.29, 0.717) is 32.7 Å². The van der Waals surface area contributed by atoms with Crippen LogP contribution >= 0.6 is 0 Å². The third kappa shape index (κ3) is 5.70. The van der Waals surface area contributed by atoms with Crippen molar-refractivity contribution in [1.82, 2.24) is 9.80 Å². The number of carboxylic acid groups (broad SMARTS) is 1. The van der Waals surface area contributed by atoms with Gasteiger partial charge in [-0.25, -0.2) is 0 Å². The smallest absolute Gasteiger partial charge is 0.304 e. The van der Waals surface area contributed by atoms with E-state index in [1.165, 1.54) is 0 Å². The molecular weight excluding hydrogens is 208 g/mol. The SMILES string of the molecule is CCN(CCC(=O)O)CC(=O)N(CC)CC. The number of amides is 1. The minimum Gasteiger partial charge on any atom is -0.481 e. The minimum atomic E-state index is -0.825. The fraction of sp³-hybridized carbons (Fsp3) is 0.818. The average Bonchev–Trinajstić information content (AvgIpc) is 2.25. The largest absolute Gasteiger partial charge is 0.481 e. The molecule has 0 rings (SSSR count). The summed E-state index contributed by atoms with van der Waals surface area (Å²) in [7, 11) is 0. The summed E-state index contributed by atoms with van der Waals surface area (Å²) in [5, 5.41) is 8.57. The molecule has 0 heterocycles. The number of hydrogen-bond acceptors (Lipinski definition) is 3. The fourth-order valence-electron chi connectivity index (χ4n) is 1.47. The van der Waals surface area contributed by atoms with Crippen molar-refractivity contribution in [1.29, 1.82) is 0 Å². The molecule has 0 saturated heterocycles. The van der Waals surface area contributed by atoms with E-state index in [4.69, 9.17) is 5.11 Å². The maximum absolute atomic E-state index is 11.8. The molecule has 94 valence electrons. The number of carbonyl (C=O) groups is 2. The third-order valence-electron chi connectivity index (χ3n) is 2.56. The van der Waals surface area contributed by atoms with E-state index in [1.807, 2.05) is 25.7 Å². The van der Waals surface area contributed by atoms with E-state index in [1.54, 1.807) is 4.90 Å². The Balaban J connectivity index is 4.09. The molecule has 0 radical (unpaired) electrons. The number of nitrogens with zero attached hydrogens (tertiary/aromatic N) is 2. The van der Waals surface area contributed by atoms with Crippen molar-refractivity contribution in [3.05, 3.63) is 0 Å². The molecule has 0 saturated carbocycles. The van der Waals surface area contributed by atoms with Crippen molar-refractivity contribution in [2.45, 2.75) is 27.2 Å². The van der Waals surface area contributed by atoms with E-state index in [9.17, 15) is 9.59 Å². The Morgan fingerprint density at radius 2 is 1.62 bits per heavy atom. The first-order valence-electron chi connectivity index (χ1n) is 5.77. The van der Waals surface area contributed by atoms with Crippen LogP contribution in [0.1, 0.15) is 27.2 Å². The number of carbonyl (C=O) groups excluding carboxylic acids is 1. The molecule has 5 heteroatoms. The Morgan fingerprint density at radius 1 is 1.06 bits per heavy atom. The van der Waals surface area contributed by atoms with Gasteiger partial charge in [-0.15, -0.1) is 0 Å². The van der Waals surface area contributed by atoms with Crippen LogP contribution in [0.25, 0.3) is 0 Å². The molecule has 1 amide bonds. The van der Waals surface area contributed by atoms with Gasteiger partial charge in [0, 0.05) is 19.6 Å². The molecule has 0 aromatic rings. The second-order valence-electron chi connectivity index (χ2n) is 3.58. The van der Waals surface area contributed by atoms with E-state index < -0.39 is 5.97 Å². The van der Waals surface area contributed by atoms with E-state index in [2.05, 4.69) is 0 Å². The minimum absolute atomic E-state index is 0.0669. The van der Waals surface area contributed by atoms with Crippen LogP contribution in [-0.4, -0.2) is 59.5 Å². The molecule has 0 aromatic heterocycles. The summed E-state index contributed by atoms with van der Waals surface area (Å²) in [6.07, 6.45) is 0.0827. The standard InChI is InChI=1S/C11H22N2O3/c1-4-12(8-7-11(15)16)9-10(14)13(5-2)6-3/h4-9H2,1-3H3,(H,15,16). The van der Waals surface area contributed by atoms with Gasteiger partial charge in [0.05, 0.1) is 13.0 Å². The first kappa shape index (κ1) is 14.9. The second-order valence-corrected chi connectivity index (χ2v) is 3.58. The first-order valence-corrected chi connectivity index (χ1v) is 5.77. The van der Waals surface area contributed by atoms with Crippen LogP contribution < -0.4 is 0 Å². The highest BCUT2D eigenvalue weighted by Crippen LogP contribution is 1.96. The van der Waals surface area contributed by atoms with Gasteiger partial charge >= 0.3 is 5.97 Å². The number of likely N-dealkylation sites (N-methyl/N-ethyl adjacent to an activating group) is 2. The summed E-state index contributed by atoms with van der Waals surface area (Å²) < 4.78 is 0. The van der Waals surface area contributed by atoms with Crippen LogP contribution in [-0.2, 0) is 9.59 Å².